The van der Waals surface area contributed by atoms with E-state index < -0.39 is 0 Å². The molecular formula is C11H15ClO. The number of hydrogen-bond donors (Lipinski definition) is 1. The smallest absolute Gasteiger partial charge is 0.0471 e. The van der Waals surface area contributed by atoms with Crippen molar-refractivity contribution in [3.63, 3.8) is 0 Å². The Hall–Kier alpha value is -0.530. The molecule has 0 aliphatic rings. The summed E-state index contributed by atoms with van der Waals surface area (Å²) in [5.74, 6) is 0. The predicted molar refractivity (Wildman–Crippen MR) is 56.2 cm³/mol. The lowest BCUT2D eigenvalue weighted by Gasteiger charge is -2.04. The summed E-state index contributed by atoms with van der Waals surface area (Å²) in [6.45, 7) is 2.32. The van der Waals surface area contributed by atoms with E-state index in [2.05, 4.69) is 13.0 Å². The molecule has 0 aliphatic heterocycles. The summed E-state index contributed by atoms with van der Waals surface area (Å²) in [6.07, 6.45) is 2.82. The number of aliphatic hydroxyl groups is 1. The van der Waals surface area contributed by atoms with Crippen LogP contribution >= 0.6 is 11.6 Å². The van der Waals surface area contributed by atoms with Gasteiger partial charge in [0.25, 0.3) is 0 Å². The molecule has 1 rings (SSSR count). The van der Waals surface area contributed by atoms with E-state index in [-0.39, 0.29) is 6.61 Å². The molecule has 0 amide bonds. The third kappa shape index (κ3) is 3.02. The summed E-state index contributed by atoms with van der Waals surface area (Å²) in [5, 5.41) is 9.57. The van der Waals surface area contributed by atoms with Crippen LogP contribution in [-0.4, -0.2) is 11.7 Å². The van der Waals surface area contributed by atoms with Gasteiger partial charge in [-0.2, -0.15) is 0 Å². The maximum Gasteiger partial charge on any atom is 0.0471 e. The van der Waals surface area contributed by atoms with Gasteiger partial charge in [-0.15, -0.1) is 0 Å². The van der Waals surface area contributed by atoms with Gasteiger partial charge in [0.05, 0.1) is 0 Å². The first-order chi connectivity index (χ1) is 6.27. The summed E-state index contributed by atoms with van der Waals surface area (Å²) in [4.78, 5) is 0. The lowest BCUT2D eigenvalue weighted by atomic mass is 10.1. The Labute approximate surface area is 84.4 Å². The molecule has 0 spiro atoms. The Morgan fingerprint density at radius 1 is 1.31 bits per heavy atom. The van der Waals surface area contributed by atoms with Crippen molar-refractivity contribution in [2.75, 3.05) is 6.61 Å². The van der Waals surface area contributed by atoms with Crippen LogP contribution in [-0.2, 0) is 12.8 Å². The second kappa shape index (κ2) is 5.25. The number of aliphatic hydroxyl groups excluding tert-OH is 1. The number of rotatable bonds is 4. The molecule has 0 bridgehead atoms. The van der Waals surface area contributed by atoms with Gasteiger partial charge < -0.3 is 5.11 Å². The average molecular weight is 199 g/mol. The highest BCUT2D eigenvalue weighted by atomic mass is 35.5. The van der Waals surface area contributed by atoms with Crippen LogP contribution in [0.4, 0.5) is 0 Å². The molecule has 0 aromatic heterocycles. The number of halogens is 1. The summed E-state index contributed by atoms with van der Waals surface area (Å²) in [5.41, 5.74) is 2.30. The minimum absolute atomic E-state index is 0.184. The SMILES string of the molecule is CCCc1ccc(CCO)cc1Cl. The summed E-state index contributed by atoms with van der Waals surface area (Å²) in [7, 11) is 0. The second-order valence-corrected chi connectivity index (χ2v) is 3.56. The van der Waals surface area contributed by atoms with Gasteiger partial charge in [-0.05, 0) is 30.0 Å². The molecule has 0 heterocycles. The lowest BCUT2D eigenvalue weighted by Crippen LogP contribution is -1.92. The van der Waals surface area contributed by atoms with Gasteiger partial charge in [0.1, 0.15) is 0 Å². The maximum absolute atomic E-state index is 8.74. The summed E-state index contributed by atoms with van der Waals surface area (Å²) in [6, 6.07) is 6.03. The zero-order valence-corrected chi connectivity index (χ0v) is 8.64. The molecule has 2 heteroatoms. The van der Waals surface area contributed by atoms with Gasteiger partial charge in [-0.3, -0.25) is 0 Å². The highest BCUT2D eigenvalue weighted by Gasteiger charge is 2.00. The first-order valence-corrected chi connectivity index (χ1v) is 5.04. The first kappa shape index (κ1) is 10.6. The molecule has 1 aromatic carbocycles. The van der Waals surface area contributed by atoms with Crippen molar-refractivity contribution < 1.29 is 5.11 Å². The Morgan fingerprint density at radius 3 is 2.62 bits per heavy atom. The Kier molecular flexibility index (Phi) is 4.26. The van der Waals surface area contributed by atoms with Crippen LogP contribution in [0.1, 0.15) is 24.5 Å². The van der Waals surface area contributed by atoms with E-state index in [1.165, 1.54) is 5.56 Å². The summed E-state index contributed by atoms with van der Waals surface area (Å²) >= 11 is 6.06. The van der Waals surface area contributed by atoms with E-state index in [0.717, 1.165) is 23.4 Å². The van der Waals surface area contributed by atoms with Crippen LogP contribution < -0.4 is 0 Å². The quantitative estimate of drug-likeness (QED) is 0.789. The van der Waals surface area contributed by atoms with Crippen LogP contribution in [0.3, 0.4) is 0 Å². The van der Waals surface area contributed by atoms with Crippen molar-refractivity contribution in [1.82, 2.24) is 0 Å². The molecule has 72 valence electrons. The number of aryl methyl sites for hydroxylation is 1. The van der Waals surface area contributed by atoms with Crippen LogP contribution in [0.25, 0.3) is 0 Å². The van der Waals surface area contributed by atoms with Gasteiger partial charge in [0.2, 0.25) is 0 Å². The molecule has 1 N–H and O–H groups in total. The normalized spacial score (nSPS) is 10.4. The van der Waals surface area contributed by atoms with Crippen molar-refractivity contribution in [3.8, 4) is 0 Å². The van der Waals surface area contributed by atoms with E-state index in [9.17, 15) is 0 Å². The molecule has 0 radical (unpaired) electrons. The largest absolute Gasteiger partial charge is 0.396 e. The maximum atomic E-state index is 8.74. The zero-order chi connectivity index (χ0) is 9.68. The lowest BCUT2D eigenvalue weighted by molar-refractivity contribution is 0.299. The fraction of sp³-hybridized carbons (Fsp3) is 0.455. The van der Waals surface area contributed by atoms with Gasteiger partial charge in [0.15, 0.2) is 0 Å². The molecule has 0 saturated carbocycles. The molecule has 0 saturated heterocycles. The third-order valence-corrected chi connectivity index (χ3v) is 2.39. The van der Waals surface area contributed by atoms with Gasteiger partial charge >= 0.3 is 0 Å². The van der Waals surface area contributed by atoms with Gasteiger partial charge in [0, 0.05) is 11.6 Å². The Bertz CT molecular complexity index is 271. The van der Waals surface area contributed by atoms with Crippen molar-refractivity contribution in [1.29, 1.82) is 0 Å². The van der Waals surface area contributed by atoms with Crippen molar-refractivity contribution in [3.05, 3.63) is 34.3 Å². The molecule has 1 aromatic rings. The Morgan fingerprint density at radius 2 is 2.08 bits per heavy atom. The van der Waals surface area contributed by atoms with Crippen molar-refractivity contribution in [2.45, 2.75) is 26.2 Å². The summed E-state index contributed by atoms with van der Waals surface area (Å²) < 4.78 is 0. The van der Waals surface area contributed by atoms with Crippen LogP contribution in [0.5, 0.6) is 0 Å². The molecule has 13 heavy (non-hydrogen) atoms. The molecular weight excluding hydrogens is 184 g/mol. The highest BCUT2D eigenvalue weighted by Crippen LogP contribution is 2.19. The molecule has 0 unspecified atom stereocenters. The molecule has 0 atom stereocenters. The topological polar surface area (TPSA) is 20.2 Å². The standard InChI is InChI=1S/C11H15ClO/c1-2-3-10-5-4-9(6-7-13)8-11(10)12/h4-5,8,13H,2-3,6-7H2,1H3. The second-order valence-electron chi connectivity index (χ2n) is 3.15. The fourth-order valence-corrected chi connectivity index (χ4v) is 1.65. The van der Waals surface area contributed by atoms with E-state index in [4.69, 9.17) is 16.7 Å². The zero-order valence-electron chi connectivity index (χ0n) is 7.89. The number of hydrogen-bond acceptors (Lipinski definition) is 1. The molecule has 0 fully saturated rings. The third-order valence-electron chi connectivity index (χ3n) is 2.04. The monoisotopic (exact) mass is 198 g/mol. The van der Waals surface area contributed by atoms with Crippen LogP contribution in [0.15, 0.2) is 18.2 Å². The van der Waals surface area contributed by atoms with E-state index in [1.807, 2.05) is 12.1 Å². The van der Waals surface area contributed by atoms with E-state index in [1.54, 1.807) is 0 Å². The van der Waals surface area contributed by atoms with Crippen LogP contribution in [0.2, 0.25) is 5.02 Å². The number of benzene rings is 1. The average Bonchev–Trinajstić information content (AvgIpc) is 2.10. The fourth-order valence-electron chi connectivity index (χ4n) is 1.35. The van der Waals surface area contributed by atoms with Crippen molar-refractivity contribution >= 4 is 11.6 Å². The van der Waals surface area contributed by atoms with E-state index >= 15 is 0 Å². The van der Waals surface area contributed by atoms with Crippen molar-refractivity contribution in [2.24, 2.45) is 0 Å². The molecule has 0 aliphatic carbocycles. The highest BCUT2D eigenvalue weighted by molar-refractivity contribution is 6.31. The Balaban J connectivity index is 2.79. The minimum atomic E-state index is 0.184. The van der Waals surface area contributed by atoms with Gasteiger partial charge in [-0.1, -0.05) is 37.1 Å². The molecule has 1 nitrogen and oxygen atoms in total. The van der Waals surface area contributed by atoms with Crippen LogP contribution in [0, 0.1) is 0 Å². The van der Waals surface area contributed by atoms with E-state index in [0.29, 0.717) is 6.42 Å². The first-order valence-electron chi connectivity index (χ1n) is 4.66. The predicted octanol–water partition coefficient (Wildman–Crippen LogP) is 2.83. The minimum Gasteiger partial charge on any atom is -0.396 e. The van der Waals surface area contributed by atoms with Gasteiger partial charge in [-0.25, -0.2) is 0 Å².